The van der Waals surface area contributed by atoms with Gasteiger partial charge in [-0.15, -0.1) is 0 Å². The van der Waals surface area contributed by atoms with Gasteiger partial charge in [0.15, 0.2) is 0 Å². The minimum Gasteiger partial charge on any atom is -0.317 e. The highest BCUT2D eigenvalue weighted by atomic mass is 14.9. The fourth-order valence-electron chi connectivity index (χ4n) is 1.87. The molecule has 0 aliphatic heterocycles. The summed E-state index contributed by atoms with van der Waals surface area (Å²) in [5, 5.41) is 3.29. The van der Waals surface area contributed by atoms with E-state index in [-0.39, 0.29) is 5.41 Å². The Bertz CT molecular complexity index is 264. The van der Waals surface area contributed by atoms with Crippen molar-refractivity contribution >= 4 is 0 Å². The Morgan fingerprint density at radius 2 is 1.79 bits per heavy atom. The SMILES string of the molecule is CN[C@H](C)CC(C)(C)c1ccccc1. The van der Waals surface area contributed by atoms with Crippen LogP contribution in [0.15, 0.2) is 30.3 Å². The molecule has 14 heavy (non-hydrogen) atoms. The van der Waals surface area contributed by atoms with Crippen molar-refractivity contribution in [3.05, 3.63) is 35.9 Å². The number of benzene rings is 1. The Morgan fingerprint density at radius 3 is 2.29 bits per heavy atom. The predicted octanol–water partition coefficient (Wildman–Crippen LogP) is 2.96. The Labute approximate surface area is 87.5 Å². The van der Waals surface area contributed by atoms with Crippen LogP contribution in [0.2, 0.25) is 0 Å². The summed E-state index contributed by atoms with van der Waals surface area (Å²) in [6, 6.07) is 11.3. The van der Waals surface area contributed by atoms with E-state index >= 15 is 0 Å². The van der Waals surface area contributed by atoms with Crippen LogP contribution in [0.1, 0.15) is 32.8 Å². The highest BCUT2D eigenvalue weighted by molar-refractivity contribution is 5.23. The molecule has 0 spiro atoms. The summed E-state index contributed by atoms with van der Waals surface area (Å²) in [5.74, 6) is 0. The van der Waals surface area contributed by atoms with Crippen molar-refractivity contribution in [3.8, 4) is 0 Å². The maximum Gasteiger partial charge on any atom is 0.00440 e. The molecule has 0 fully saturated rings. The molecule has 78 valence electrons. The third-order valence-corrected chi connectivity index (χ3v) is 2.86. The van der Waals surface area contributed by atoms with Gasteiger partial charge in [0.25, 0.3) is 0 Å². The van der Waals surface area contributed by atoms with Crippen LogP contribution in [0, 0.1) is 0 Å². The van der Waals surface area contributed by atoms with Crippen LogP contribution < -0.4 is 5.32 Å². The van der Waals surface area contributed by atoms with E-state index in [9.17, 15) is 0 Å². The monoisotopic (exact) mass is 191 g/mol. The second kappa shape index (κ2) is 4.61. The van der Waals surface area contributed by atoms with Crippen molar-refractivity contribution in [1.82, 2.24) is 5.32 Å². The third-order valence-electron chi connectivity index (χ3n) is 2.86. The van der Waals surface area contributed by atoms with Gasteiger partial charge >= 0.3 is 0 Å². The Hall–Kier alpha value is -0.820. The van der Waals surface area contributed by atoms with Gasteiger partial charge in [0.05, 0.1) is 0 Å². The van der Waals surface area contributed by atoms with E-state index in [4.69, 9.17) is 0 Å². The van der Waals surface area contributed by atoms with Gasteiger partial charge in [-0.2, -0.15) is 0 Å². The fraction of sp³-hybridized carbons (Fsp3) is 0.538. The topological polar surface area (TPSA) is 12.0 Å². The van der Waals surface area contributed by atoms with Crippen LogP contribution >= 0.6 is 0 Å². The van der Waals surface area contributed by atoms with Gasteiger partial charge in [-0.3, -0.25) is 0 Å². The van der Waals surface area contributed by atoms with Gasteiger partial charge in [0.1, 0.15) is 0 Å². The van der Waals surface area contributed by atoms with E-state index in [0.717, 1.165) is 6.42 Å². The van der Waals surface area contributed by atoms with Crippen LogP contribution in [0.4, 0.5) is 0 Å². The first-order valence-electron chi connectivity index (χ1n) is 5.29. The first-order valence-corrected chi connectivity index (χ1v) is 5.29. The van der Waals surface area contributed by atoms with Gasteiger partial charge in [-0.1, -0.05) is 44.2 Å². The van der Waals surface area contributed by atoms with Crippen molar-refractivity contribution in [3.63, 3.8) is 0 Å². The van der Waals surface area contributed by atoms with Gasteiger partial charge in [0.2, 0.25) is 0 Å². The molecule has 1 N–H and O–H groups in total. The summed E-state index contributed by atoms with van der Waals surface area (Å²) in [4.78, 5) is 0. The zero-order chi connectivity index (χ0) is 10.6. The summed E-state index contributed by atoms with van der Waals surface area (Å²) in [6.45, 7) is 6.83. The standard InChI is InChI=1S/C13H21N/c1-11(14-4)10-13(2,3)12-8-6-5-7-9-12/h5-9,11,14H,10H2,1-4H3/t11-/m1/s1. The van der Waals surface area contributed by atoms with E-state index in [1.165, 1.54) is 5.56 Å². The molecule has 1 atom stereocenters. The maximum atomic E-state index is 3.29. The smallest absolute Gasteiger partial charge is 0.00440 e. The van der Waals surface area contributed by atoms with Crippen molar-refractivity contribution in [2.75, 3.05) is 7.05 Å². The summed E-state index contributed by atoms with van der Waals surface area (Å²) >= 11 is 0. The molecule has 0 heterocycles. The predicted molar refractivity (Wildman–Crippen MR) is 62.6 cm³/mol. The number of rotatable bonds is 4. The third kappa shape index (κ3) is 2.85. The highest BCUT2D eigenvalue weighted by Gasteiger charge is 2.22. The van der Waals surface area contributed by atoms with Gasteiger partial charge < -0.3 is 5.32 Å². The maximum absolute atomic E-state index is 3.29. The fourth-order valence-corrected chi connectivity index (χ4v) is 1.87. The average Bonchev–Trinajstić information content (AvgIpc) is 2.18. The lowest BCUT2D eigenvalue weighted by molar-refractivity contribution is 0.405. The molecule has 0 aromatic heterocycles. The lowest BCUT2D eigenvalue weighted by Gasteiger charge is -2.28. The molecule has 0 saturated carbocycles. The molecule has 0 bridgehead atoms. The summed E-state index contributed by atoms with van der Waals surface area (Å²) in [6.07, 6.45) is 1.16. The zero-order valence-corrected chi connectivity index (χ0v) is 9.67. The minimum atomic E-state index is 0.254. The summed E-state index contributed by atoms with van der Waals surface area (Å²) in [5.41, 5.74) is 1.67. The molecular formula is C13H21N. The molecule has 1 nitrogen and oxygen atoms in total. The summed E-state index contributed by atoms with van der Waals surface area (Å²) < 4.78 is 0. The Balaban J connectivity index is 2.75. The van der Waals surface area contributed by atoms with Gasteiger partial charge in [-0.05, 0) is 31.4 Å². The van der Waals surface area contributed by atoms with E-state index in [1.54, 1.807) is 0 Å². The lowest BCUT2D eigenvalue weighted by atomic mass is 9.79. The van der Waals surface area contributed by atoms with Crippen molar-refractivity contribution in [1.29, 1.82) is 0 Å². The number of hydrogen-bond acceptors (Lipinski definition) is 1. The number of nitrogens with one attached hydrogen (secondary N) is 1. The molecule has 1 aromatic rings. The molecular weight excluding hydrogens is 170 g/mol. The molecule has 0 aliphatic carbocycles. The first-order chi connectivity index (χ1) is 6.56. The van der Waals surface area contributed by atoms with Gasteiger partial charge in [-0.25, -0.2) is 0 Å². The Morgan fingerprint density at radius 1 is 1.21 bits per heavy atom. The first kappa shape index (κ1) is 11.3. The molecule has 0 amide bonds. The second-order valence-corrected chi connectivity index (χ2v) is 4.64. The van der Waals surface area contributed by atoms with Crippen LogP contribution in [0.5, 0.6) is 0 Å². The molecule has 0 unspecified atom stereocenters. The number of hydrogen-bond donors (Lipinski definition) is 1. The molecule has 0 aliphatic rings. The molecule has 0 radical (unpaired) electrons. The lowest BCUT2D eigenvalue weighted by Crippen LogP contribution is -2.30. The van der Waals surface area contributed by atoms with Crippen molar-refractivity contribution in [2.24, 2.45) is 0 Å². The quantitative estimate of drug-likeness (QED) is 0.771. The average molecular weight is 191 g/mol. The van der Waals surface area contributed by atoms with Crippen LogP contribution in [0.3, 0.4) is 0 Å². The van der Waals surface area contributed by atoms with E-state index in [0.29, 0.717) is 6.04 Å². The highest BCUT2D eigenvalue weighted by Crippen LogP contribution is 2.27. The Kier molecular flexibility index (Phi) is 3.70. The molecule has 0 saturated heterocycles. The van der Waals surface area contributed by atoms with E-state index in [2.05, 4.69) is 56.4 Å². The van der Waals surface area contributed by atoms with Crippen LogP contribution in [-0.4, -0.2) is 13.1 Å². The van der Waals surface area contributed by atoms with Crippen LogP contribution in [-0.2, 0) is 5.41 Å². The van der Waals surface area contributed by atoms with E-state index < -0.39 is 0 Å². The zero-order valence-electron chi connectivity index (χ0n) is 9.67. The minimum absolute atomic E-state index is 0.254. The molecule has 1 aromatic carbocycles. The largest absolute Gasteiger partial charge is 0.317 e. The van der Waals surface area contributed by atoms with Crippen LogP contribution in [0.25, 0.3) is 0 Å². The normalized spacial score (nSPS) is 14.0. The second-order valence-electron chi connectivity index (χ2n) is 4.64. The van der Waals surface area contributed by atoms with E-state index in [1.807, 2.05) is 7.05 Å². The van der Waals surface area contributed by atoms with Crippen molar-refractivity contribution < 1.29 is 0 Å². The summed E-state index contributed by atoms with van der Waals surface area (Å²) in [7, 11) is 2.02. The molecule has 1 heteroatoms. The van der Waals surface area contributed by atoms with Gasteiger partial charge in [0, 0.05) is 6.04 Å². The van der Waals surface area contributed by atoms with Crippen molar-refractivity contribution in [2.45, 2.75) is 38.6 Å². The molecule has 1 rings (SSSR count).